The van der Waals surface area contributed by atoms with Crippen LogP contribution in [0.1, 0.15) is 15.9 Å². The van der Waals surface area contributed by atoms with Crippen LogP contribution in [-0.4, -0.2) is 18.1 Å². The Bertz CT molecular complexity index is 1140. The number of anilines is 1. The molecule has 3 aromatic carbocycles. The summed E-state index contributed by atoms with van der Waals surface area (Å²) in [6, 6.07) is 20.2. The molecule has 0 aliphatic carbocycles. The van der Waals surface area contributed by atoms with Crippen LogP contribution < -0.4 is 10.5 Å². The maximum atomic E-state index is 12.1. The van der Waals surface area contributed by atoms with Gasteiger partial charge in [-0.15, -0.1) is 0 Å². The molecule has 0 radical (unpaired) electrons. The summed E-state index contributed by atoms with van der Waals surface area (Å²) in [4.78, 5) is 16.8. The van der Waals surface area contributed by atoms with Crippen LogP contribution >= 0.6 is 0 Å². The van der Waals surface area contributed by atoms with Crippen molar-refractivity contribution in [3.8, 4) is 5.75 Å². The van der Waals surface area contributed by atoms with Gasteiger partial charge in [-0.05, 0) is 48.0 Å². The van der Waals surface area contributed by atoms with E-state index >= 15 is 0 Å². The third-order valence-electron chi connectivity index (χ3n) is 4.47. The van der Waals surface area contributed by atoms with E-state index in [0.717, 1.165) is 33.1 Å². The van der Waals surface area contributed by atoms with E-state index in [9.17, 15) is 4.79 Å². The Labute approximate surface area is 156 Å². The van der Waals surface area contributed by atoms with Crippen molar-refractivity contribution in [3.63, 3.8) is 0 Å². The molecule has 0 amide bonds. The minimum atomic E-state index is -0.356. The zero-order valence-electron chi connectivity index (χ0n) is 14.8. The standard InChI is InChI=1S/C22H18N2O3/c1-26-16-8-10-20-18(12-16)21(23)17-11-14(7-9-19(17)24-20)13-27-22(25)15-5-3-2-4-6-15/h2-12H,13H2,1H3,(H2,23,24). The second-order valence-electron chi connectivity index (χ2n) is 6.20. The molecule has 27 heavy (non-hydrogen) atoms. The molecule has 2 N–H and O–H groups in total. The number of esters is 1. The zero-order chi connectivity index (χ0) is 18.8. The van der Waals surface area contributed by atoms with Crippen molar-refractivity contribution in [2.24, 2.45) is 0 Å². The molecule has 5 heteroatoms. The number of aromatic nitrogens is 1. The first-order valence-electron chi connectivity index (χ1n) is 8.54. The van der Waals surface area contributed by atoms with Crippen LogP contribution in [0.2, 0.25) is 0 Å². The number of hydrogen-bond acceptors (Lipinski definition) is 5. The van der Waals surface area contributed by atoms with Gasteiger partial charge in [0.1, 0.15) is 12.4 Å². The number of pyridine rings is 1. The first kappa shape index (κ1) is 16.8. The molecule has 1 aromatic heterocycles. The molecular weight excluding hydrogens is 340 g/mol. The topological polar surface area (TPSA) is 74.4 Å². The van der Waals surface area contributed by atoms with E-state index < -0.39 is 0 Å². The summed E-state index contributed by atoms with van der Waals surface area (Å²) in [6.07, 6.45) is 0. The lowest BCUT2D eigenvalue weighted by atomic mass is 10.1. The van der Waals surface area contributed by atoms with Crippen molar-refractivity contribution in [3.05, 3.63) is 77.9 Å². The Hall–Kier alpha value is -3.60. The number of carbonyl (C=O) groups is 1. The van der Waals surface area contributed by atoms with Gasteiger partial charge in [-0.2, -0.15) is 0 Å². The van der Waals surface area contributed by atoms with Crippen LogP contribution in [-0.2, 0) is 11.3 Å². The molecule has 0 aliphatic heterocycles. The number of rotatable bonds is 4. The van der Waals surface area contributed by atoms with E-state index in [1.54, 1.807) is 31.4 Å². The largest absolute Gasteiger partial charge is 0.497 e. The maximum Gasteiger partial charge on any atom is 0.338 e. The predicted octanol–water partition coefficient (Wildman–Crippen LogP) is 4.34. The summed E-state index contributed by atoms with van der Waals surface area (Å²) in [5.74, 6) is 0.369. The molecule has 134 valence electrons. The number of hydrogen-bond donors (Lipinski definition) is 1. The minimum absolute atomic E-state index is 0.166. The predicted molar refractivity (Wildman–Crippen MR) is 106 cm³/mol. The highest BCUT2D eigenvalue weighted by molar-refractivity contribution is 6.06. The van der Waals surface area contributed by atoms with E-state index in [1.807, 2.05) is 42.5 Å². The molecule has 0 bridgehead atoms. The van der Waals surface area contributed by atoms with Crippen molar-refractivity contribution >= 4 is 33.5 Å². The number of nitrogen functional groups attached to an aromatic ring is 1. The number of carbonyl (C=O) groups excluding carboxylic acids is 1. The Morgan fingerprint density at radius 1 is 0.963 bits per heavy atom. The summed E-state index contributed by atoms with van der Waals surface area (Å²) in [5, 5.41) is 1.66. The van der Waals surface area contributed by atoms with E-state index in [2.05, 4.69) is 4.98 Å². The van der Waals surface area contributed by atoms with Crippen LogP contribution in [0.3, 0.4) is 0 Å². The van der Waals surface area contributed by atoms with Crippen LogP contribution in [0.4, 0.5) is 5.69 Å². The minimum Gasteiger partial charge on any atom is -0.497 e. The smallest absolute Gasteiger partial charge is 0.338 e. The average molecular weight is 358 g/mol. The van der Waals surface area contributed by atoms with Crippen LogP contribution in [0.5, 0.6) is 5.75 Å². The fraction of sp³-hybridized carbons (Fsp3) is 0.0909. The van der Waals surface area contributed by atoms with Crippen molar-refractivity contribution in [2.45, 2.75) is 6.61 Å². The van der Waals surface area contributed by atoms with Gasteiger partial charge in [0.15, 0.2) is 0 Å². The van der Waals surface area contributed by atoms with Gasteiger partial charge in [0.2, 0.25) is 0 Å². The molecule has 4 aromatic rings. The van der Waals surface area contributed by atoms with Crippen LogP contribution in [0, 0.1) is 0 Å². The summed E-state index contributed by atoms with van der Waals surface area (Å²) in [6.45, 7) is 0.166. The Morgan fingerprint density at radius 2 is 1.67 bits per heavy atom. The quantitative estimate of drug-likeness (QED) is 0.434. The SMILES string of the molecule is COc1ccc2nc3ccc(COC(=O)c4ccccc4)cc3c(N)c2c1. The molecule has 0 atom stereocenters. The highest BCUT2D eigenvalue weighted by Crippen LogP contribution is 2.31. The number of ether oxygens (including phenoxy) is 2. The zero-order valence-corrected chi connectivity index (χ0v) is 14.8. The third-order valence-corrected chi connectivity index (χ3v) is 4.47. The van der Waals surface area contributed by atoms with Gasteiger partial charge in [0.25, 0.3) is 0 Å². The number of nitrogens with zero attached hydrogens (tertiary/aromatic N) is 1. The highest BCUT2D eigenvalue weighted by atomic mass is 16.5. The fourth-order valence-electron chi connectivity index (χ4n) is 3.02. The summed E-state index contributed by atoms with van der Waals surface area (Å²) < 4.78 is 10.7. The lowest BCUT2D eigenvalue weighted by Gasteiger charge is -2.10. The third kappa shape index (κ3) is 3.27. The molecule has 0 spiro atoms. The van der Waals surface area contributed by atoms with E-state index in [0.29, 0.717) is 11.3 Å². The highest BCUT2D eigenvalue weighted by Gasteiger charge is 2.10. The second-order valence-corrected chi connectivity index (χ2v) is 6.20. The molecule has 5 nitrogen and oxygen atoms in total. The van der Waals surface area contributed by atoms with Gasteiger partial charge in [-0.25, -0.2) is 9.78 Å². The average Bonchev–Trinajstić information content (AvgIpc) is 2.73. The van der Waals surface area contributed by atoms with E-state index in [1.165, 1.54) is 0 Å². The summed E-state index contributed by atoms with van der Waals surface area (Å²) in [7, 11) is 1.62. The van der Waals surface area contributed by atoms with Gasteiger partial charge >= 0.3 is 5.97 Å². The van der Waals surface area contributed by atoms with Crippen molar-refractivity contribution in [1.29, 1.82) is 0 Å². The maximum absolute atomic E-state index is 12.1. The van der Waals surface area contributed by atoms with Crippen molar-refractivity contribution < 1.29 is 14.3 Å². The van der Waals surface area contributed by atoms with Crippen LogP contribution in [0.25, 0.3) is 21.8 Å². The van der Waals surface area contributed by atoms with Crippen molar-refractivity contribution in [1.82, 2.24) is 4.98 Å². The Balaban J connectivity index is 1.66. The number of methoxy groups -OCH3 is 1. The first-order valence-corrected chi connectivity index (χ1v) is 8.54. The summed E-state index contributed by atoms with van der Waals surface area (Å²) in [5.41, 5.74) is 10.00. The van der Waals surface area contributed by atoms with Gasteiger partial charge in [0.05, 0.1) is 29.4 Å². The van der Waals surface area contributed by atoms with Crippen molar-refractivity contribution in [2.75, 3.05) is 12.8 Å². The van der Waals surface area contributed by atoms with Crippen LogP contribution in [0.15, 0.2) is 66.7 Å². The number of nitrogens with two attached hydrogens (primary N) is 1. The molecule has 0 saturated heterocycles. The normalized spacial score (nSPS) is 10.9. The Morgan fingerprint density at radius 3 is 2.41 bits per heavy atom. The lowest BCUT2D eigenvalue weighted by molar-refractivity contribution is 0.0473. The Kier molecular flexibility index (Phi) is 4.34. The fourth-order valence-corrected chi connectivity index (χ4v) is 3.02. The molecule has 0 fully saturated rings. The monoisotopic (exact) mass is 358 g/mol. The molecule has 4 rings (SSSR count). The molecule has 0 saturated carbocycles. The number of benzene rings is 3. The van der Waals surface area contributed by atoms with Gasteiger partial charge in [-0.1, -0.05) is 24.3 Å². The molecule has 0 unspecified atom stereocenters. The van der Waals surface area contributed by atoms with Gasteiger partial charge in [-0.3, -0.25) is 0 Å². The van der Waals surface area contributed by atoms with E-state index in [4.69, 9.17) is 15.2 Å². The molecule has 0 aliphatic rings. The first-order chi connectivity index (χ1) is 13.2. The van der Waals surface area contributed by atoms with Gasteiger partial charge in [0, 0.05) is 10.8 Å². The molecule has 1 heterocycles. The summed E-state index contributed by atoms with van der Waals surface area (Å²) >= 11 is 0. The van der Waals surface area contributed by atoms with Gasteiger partial charge < -0.3 is 15.2 Å². The lowest BCUT2D eigenvalue weighted by Crippen LogP contribution is -2.05. The molecular formula is C22H18N2O3. The second kappa shape index (κ2) is 6.96. The number of fused-ring (bicyclic) bond motifs is 2. The van der Waals surface area contributed by atoms with E-state index in [-0.39, 0.29) is 12.6 Å².